The maximum Gasteiger partial charge on any atom is 0.281 e. The fourth-order valence-electron chi connectivity index (χ4n) is 2.80. The van der Waals surface area contributed by atoms with E-state index in [9.17, 15) is 4.79 Å². The first-order valence-electron chi connectivity index (χ1n) is 7.83. The van der Waals surface area contributed by atoms with Crippen LogP contribution in [0.25, 0.3) is 0 Å². The third-order valence-corrected chi connectivity index (χ3v) is 4.93. The summed E-state index contributed by atoms with van der Waals surface area (Å²) < 4.78 is 0. The lowest BCUT2D eigenvalue weighted by molar-refractivity contribution is -0.878. The topological polar surface area (TPSA) is 46.4 Å². The van der Waals surface area contributed by atoms with Crippen molar-refractivity contribution < 1.29 is 9.69 Å². The van der Waals surface area contributed by atoms with E-state index in [-0.39, 0.29) is 5.91 Å². The Kier molecular flexibility index (Phi) is 4.85. The highest BCUT2D eigenvalue weighted by Crippen LogP contribution is 2.21. The Bertz CT molecular complexity index is 630. The van der Waals surface area contributed by atoms with E-state index in [1.807, 2.05) is 6.20 Å². The van der Waals surface area contributed by atoms with Gasteiger partial charge in [-0.3, -0.25) is 10.1 Å². The first kappa shape index (κ1) is 15.2. The van der Waals surface area contributed by atoms with Crippen LogP contribution in [0.5, 0.6) is 0 Å². The van der Waals surface area contributed by atoms with Gasteiger partial charge in [0, 0.05) is 30.3 Å². The Labute approximate surface area is 135 Å². The largest absolute Gasteiger partial charge is 0.327 e. The summed E-state index contributed by atoms with van der Waals surface area (Å²) in [6.07, 6.45) is 5.20. The van der Waals surface area contributed by atoms with Crippen LogP contribution in [0.2, 0.25) is 0 Å². The predicted octanol–water partition coefficient (Wildman–Crippen LogP) is 1.66. The molecule has 2 heterocycles. The molecule has 1 fully saturated rings. The van der Waals surface area contributed by atoms with Crippen molar-refractivity contribution in [2.45, 2.75) is 26.2 Å². The molecule has 0 bridgehead atoms. The lowest BCUT2D eigenvalue weighted by atomic mass is 10.1. The zero-order valence-corrected chi connectivity index (χ0v) is 13.7. The Morgan fingerprint density at radius 1 is 1.27 bits per heavy atom. The molecule has 0 radical (unpaired) electrons. The Morgan fingerprint density at radius 3 is 2.73 bits per heavy atom. The average Bonchev–Trinajstić information content (AvgIpc) is 3.14. The number of benzene rings is 1. The molecule has 0 unspecified atom stereocenters. The molecule has 116 valence electrons. The summed E-state index contributed by atoms with van der Waals surface area (Å²) in [7, 11) is 0. The number of likely N-dealkylation sites (tertiary alicyclic amines) is 1. The van der Waals surface area contributed by atoms with Crippen LogP contribution in [0.15, 0.2) is 30.5 Å². The average molecular weight is 316 g/mol. The lowest BCUT2D eigenvalue weighted by Crippen LogP contribution is -3.11. The van der Waals surface area contributed by atoms with Crippen molar-refractivity contribution in [3.63, 3.8) is 0 Å². The van der Waals surface area contributed by atoms with Gasteiger partial charge >= 0.3 is 0 Å². The number of carbonyl (C=O) groups is 1. The second-order valence-corrected chi connectivity index (χ2v) is 7.09. The number of nitrogens with one attached hydrogen (secondary N) is 2. The van der Waals surface area contributed by atoms with Gasteiger partial charge in [-0.1, -0.05) is 29.8 Å². The molecule has 1 aromatic carbocycles. The molecule has 0 spiro atoms. The second kappa shape index (κ2) is 7.03. The van der Waals surface area contributed by atoms with E-state index in [0.717, 1.165) is 19.5 Å². The van der Waals surface area contributed by atoms with Crippen molar-refractivity contribution in [3.8, 4) is 0 Å². The molecule has 1 saturated heterocycles. The van der Waals surface area contributed by atoms with Gasteiger partial charge in [-0.2, -0.15) is 0 Å². The highest BCUT2D eigenvalue weighted by molar-refractivity contribution is 7.15. The molecule has 1 aliphatic rings. The van der Waals surface area contributed by atoms with Crippen LogP contribution in [0.4, 0.5) is 5.13 Å². The lowest BCUT2D eigenvalue weighted by Gasteiger charge is -2.10. The Hall–Kier alpha value is -1.72. The van der Waals surface area contributed by atoms with E-state index in [1.165, 1.54) is 33.7 Å². The Morgan fingerprint density at radius 2 is 2.00 bits per heavy atom. The molecule has 2 N–H and O–H groups in total. The summed E-state index contributed by atoms with van der Waals surface area (Å²) in [5.74, 6) is 0.0770. The number of hydrogen-bond acceptors (Lipinski definition) is 3. The third kappa shape index (κ3) is 4.15. The SMILES string of the molecule is Cc1ccc(Cc2cnc(NC(=O)C[NH+]3CCCC3)s2)cc1. The highest BCUT2D eigenvalue weighted by Gasteiger charge is 2.19. The van der Waals surface area contributed by atoms with Gasteiger partial charge in [-0.05, 0) is 12.5 Å². The maximum absolute atomic E-state index is 12.0. The van der Waals surface area contributed by atoms with E-state index in [1.54, 1.807) is 11.3 Å². The third-order valence-electron chi connectivity index (χ3n) is 4.02. The quantitative estimate of drug-likeness (QED) is 0.881. The maximum atomic E-state index is 12.0. The number of carbonyl (C=O) groups excluding carboxylic acids is 1. The first-order chi connectivity index (χ1) is 10.7. The normalized spacial score (nSPS) is 15.1. The van der Waals surface area contributed by atoms with Crippen molar-refractivity contribution in [2.24, 2.45) is 0 Å². The standard InChI is InChI=1S/C17H21N3OS/c1-13-4-6-14(7-5-13)10-15-11-18-17(22-15)19-16(21)12-20-8-2-3-9-20/h4-7,11H,2-3,8-10,12H2,1H3,(H,18,19,21)/p+1. The summed E-state index contributed by atoms with van der Waals surface area (Å²) in [6.45, 7) is 4.88. The van der Waals surface area contributed by atoms with Gasteiger partial charge in [0.2, 0.25) is 0 Å². The molecule has 3 rings (SSSR count). The van der Waals surface area contributed by atoms with Crippen LogP contribution < -0.4 is 10.2 Å². The van der Waals surface area contributed by atoms with Crippen molar-refractivity contribution in [2.75, 3.05) is 25.0 Å². The first-order valence-corrected chi connectivity index (χ1v) is 8.64. The summed E-state index contributed by atoms with van der Waals surface area (Å²) in [4.78, 5) is 18.9. The molecule has 1 aromatic heterocycles. The van der Waals surface area contributed by atoms with Gasteiger partial charge in [0.05, 0.1) is 13.1 Å². The molecule has 4 nitrogen and oxygen atoms in total. The van der Waals surface area contributed by atoms with E-state index in [4.69, 9.17) is 0 Å². The second-order valence-electron chi connectivity index (χ2n) is 5.98. The number of rotatable bonds is 5. The fourth-order valence-corrected chi connectivity index (χ4v) is 3.66. The molecule has 22 heavy (non-hydrogen) atoms. The molecule has 5 heteroatoms. The minimum absolute atomic E-state index is 0.0770. The van der Waals surface area contributed by atoms with Gasteiger partial charge in [0.15, 0.2) is 11.7 Å². The zero-order chi connectivity index (χ0) is 15.4. The zero-order valence-electron chi connectivity index (χ0n) is 12.9. The van der Waals surface area contributed by atoms with Gasteiger partial charge in [-0.25, -0.2) is 4.98 Å². The molecule has 0 atom stereocenters. The highest BCUT2D eigenvalue weighted by atomic mass is 32.1. The van der Waals surface area contributed by atoms with Crippen molar-refractivity contribution in [1.82, 2.24) is 4.98 Å². The fraction of sp³-hybridized carbons (Fsp3) is 0.412. The number of amides is 1. The van der Waals surface area contributed by atoms with Crippen LogP contribution in [0, 0.1) is 6.92 Å². The number of quaternary nitrogens is 1. The molecular formula is C17H22N3OS+. The summed E-state index contributed by atoms with van der Waals surface area (Å²) in [5, 5.41) is 3.65. The monoisotopic (exact) mass is 316 g/mol. The molecule has 1 aliphatic heterocycles. The molecule has 0 saturated carbocycles. The van der Waals surface area contributed by atoms with Gasteiger partial charge in [0.1, 0.15) is 0 Å². The van der Waals surface area contributed by atoms with E-state index >= 15 is 0 Å². The smallest absolute Gasteiger partial charge is 0.281 e. The van der Waals surface area contributed by atoms with E-state index < -0.39 is 0 Å². The van der Waals surface area contributed by atoms with E-state index in [2.05, 4.69) is 41.5 Å². The molecule has 0 aliphatic carbocycles. The minimum Gasteiger partial charge on any atom is -0.327 e. The van der Waals surface area contributed by atoms with Crippen LogP contribution >= 0.6 is 11.3 Å². The number of hydrogen-bond donors (Lipinski definition) is 2. The van der Waals surface area contributed by atoms with Gasteiger partial charge in [0.25, 0.3) is 5.91 Å². The number of aryl methyl sites for hydroxylation is 1. The molecular weight excluding hydrogens is 294 g/mol. The number of aromatic nitrogens is 1. The van der Waals surface area contributed by atoms with Crippen molar-refractivity contribution in [3.05, 3.63) is 46.5 Å². The van der Waals surface area contributed by atoms with E-state index in [0.29, 0.717) is 11.7 Å². The predicted molar refractivity (Wildman–Crippen MR) is 89.5 cm³/mol. The summed E-state index contributed by atoms with van der Waals surface area (Å²) in [5.41, 5.74) is 2.54. The van der Waals surface area contributed by atoms with Gasteiger partial charge < -0.3 is 4.90 Å². The molecule has 2 aromatic rings. The van der Waals surface area contributed by atoms with Crippen LogP contribution in [0.1, 0.15) is 28.8 Å². The van der Waals surface area contributed by atoms with Gasteiger partial charge in [-0.15, -0.1) is 11.3 Å². The number of anilines is 1. The van der Waals surface area contributed by atoms with Crippen molar-refractivity contribution in [1.29, 1.82) is 0 Å². The van der Waals surface area contributed by atoms with Crippen LogP contribution in [0.3, 0.4) is 0 Å². The van der Waals surface area contributed by atoms with Crippen LogP contribution in [-0.2, 0) is 11.2 Å². The van der Waals surface area contributed by atoms with Crippen LogP contribution in [-0.4, -0.2) is 30.5 Å². The number of thiazole rings is 1. The summed E-state index contributed by atoms with van der Waals surface area (Å²) in [6, 6.07) is 8.53. The van der Waals surface area contributed by atoms with Crippen molar-refractivity contribution >= 4 is 22.4 Å². The molecule has 1 amide bonds. The number of nitrogens with zero attached hydrogens (tertiary/aromatic N) is 1. The Balaban J connectivity index is 1.54. The summed E-state index contributed by atoms with van der Waals surface area (Å²) >= 11 is 1.57. The minimum atomic E-state index is 0.0770.